The van der Waals surface area contributed by atoms with Crippen molar-refractivity contribution in [2.45, 2.75) is 32.5 Å². The molecule has 1 amide bonds. The molecule has 0 saturated carbocycles. The Morgan fingerprint density at radius 3 is 2.24 bits per heavy atom. The van der Waals surface area contributed by atoms with Crippen molar-refractivity contribution in [2.24, 2.45) is 0 Å². The van der Waals surface area contributed by atoms with Crippen LogP contribution in [0, 0.1) is 11.3 Å². The molecule has 136 valence electrons. The van der Waals surface area contributed by atoms with E-state index in [-0.39, 0.29) is 5.56 Å². The Hall–Kier alpha value is -2.43. The molecule has 0 bridgehead atoms. The lowest BCUT2D eigenvalue weighted by Gasteiger charge is -2.37. The Kier molecular flexibility index (Phi) is 5.16. The highest BCUT2D eigenvalue weighted by Crippen LogP contribution is 2.33. The fraction of sp³-hybridized carbons (Fsp3) is 0.529. The minimum absolute atomic E-state index is 0.0273. The number of rotatable bonds is 1. The first-order chi connectivity index (χ1) is 11.5. The normalized spacial score (nSPS) is 15.7. The van der Waals surface area contributed by atoms with E-state index in [0.29, 0.717) is 31.9 Å². The maximum absolute atomic E-state index is 12.8. The number of halogens is 3. The van der Waals surface area contributed by atoms with Gasteiger partial charge in [0.2, 0.25) is 0 Å². The van der Waals surface area contributed by atoms with Crippen LogP contribution in [0.5, 0.6) is 0 Å². The minimum Gasteiger partial charge on any atom is -0.444 e. The van der Waals surface area contributed by atoms with E-state index in [1.807, 2.05) is 6.07 Å². The SMILES string of the molecule is CC(C)(C)OC(=O)N1CCN(c2ccc(C(F)(F)F)cc2C#N)CC1. The molecule has 25 heavy (non-hydrogen) atoms. The van der Waals surface area contributed by atoms with Gasteiger partial charge in [-0.2, -0.15) is 18.4 Å². The molecule has 0 aliphatic carbocycles. The van der Waals surface area contributed by atoms with Gasteiger partial charge in [-0.3, -0.25) is 0 Å². The summed E-state index contributed by atoms with van der Waals surface area (Å²) in [5.74, 6) is 0. The molecule has 0 N–H and O–H groups in total. The van der Waals surface area contributed by atoms with Crippen LogP contribution < -0.4 is 4.90 Å². The number of hydrogen-bond donors (Lipinski definition) is 0. The van der Waals surface area contributed by atoms with Gasteiger partial charge in [-0.1, -0.05) is 0 Å². The summed E-state index contributed by atoms with van der Waals surface area (Å²) in [6.45, 7) is 6.92. The largest absolute Gasteiger partial charge is 0.444 e. The van der Waals surface area contributed by atoms with E-state index >= 15 is 0 Å². The third-order valence-corrected chi connectivity index (χ3v) is 3.72. The molecule has 8 heteroatoms. The second-order valence-corrected chi connectivity index (χ2v) is 6.80. The van der Waals surface area contributed by atoms with Gasteiger partial charge in [0.1, 0.15) is 11.7 Å². The van der Waals surface area contributed by atoms with Crippen LogP contribution in [0.4, 0.5) is 23.7 Å². The number of carbonyl (C=O) groups is 1. The van der Waals surface area contributed by atoms with E-state index in [1.54, 1.807) is 30.6 Å². The highest BCUT2D eigenvalue weighted by Gasteiger charge is 2.32. The molecule has 5 nitrogen and oxygen atoms in total. The zero-order valence-electron chi connectivity index (χ0n) is 14.4. The van der Waals surface area contributed by atoms with Gasteiger partial charge in [0.25, 0.3) is 0 Å². The monoisotopic (exact) mass is 355 g/mol. The molecule has 0 aromatic heterocycles. The topological polar surface area (TPSA) is 56.6 Å². The van der Waals surface area contributed by atoms with E-state index in [2.05, 4.69) is 0 Å². The number of hydrogen-bond acceptors (Lipinski definition) is 4. The average Bonchev–Trinajstić information content (AvgIpc) is 2.52. The number of anilines is 1. The molecule has 1 aliphatic heterocycles. The van der Waals surface area contributed by atoms with Crippen molar-refractivity contribution in [1.82, 2.24) is 4.90 Å². The van der Waals surface area contributed by atoms with Gasteiger partial charge in [-0.05, 0) is 39.0 Å². The molecule has 0 spiro atoms. The number of carbonyl (C=O) groups excluding carboxylic acids is 1. The van der Waals surface area contributed by atoms with E-state index in [0.717, 1.165) is 12.1 Å². The molecule has 1 saturated heterocycles. The van der Waals surface area contributed by atoms with E-state index < -0.39 is 23.4 Å². The predicted octanol–water partition coefficient (Wildman–Crippen LogP) is 3.63. The zero-order valence-corrected chi connectivity index (χ0v) is 14.4. The van der Waals surface area contributed by atoms with Crippen molar-refractivity contribution in [3.63, 3.8) is 0 Å². The fourth-order valence-electron chi connectivity index (χ4n) is 2.53. The fourth-order valence-corrected chi connectivity index (χ4v) is 2.53. The molecule has 0 unspecified atom stereocenters. The summed E-state index contributed by atoms with van der Waals surface area (Å²) in [7, 11) is 0. The number of piperazine rings is 1. The van der Waals surface area contributed by atoms with Crippen LogP contribution >= 0.6 is 0 Å². The number of ether oxygens (including phenoxy) is 1. The van der Waals surface area contributed by atoms with Crippen LogP contribution in [-0.2, 0) is 10.9 Å². The first-order valence-corrected chi connectivity index (χ1v) is 7.85. The van der Waals surface area contributed by atoms with Gasteiger partial charge in [0.05, 0.1) is 16.8 Å². The molecule has 2 rings (SSSR count). The maximum Gasteiger partial charge on any atom is 0.416 e. The van der Waals surface area contributed by atoms with Gasteiger partial charge in [0.15, 0.2) is 0 Å². The lowest BCUT2D eigenvalue weighted by atomic mass is 10.1. The third-order valence-electron chi connectivity index (χ3n) is 3.72. The van der Waals surface area contributed by atoms with Crippen molar-refractivity contribution >= 4 is 11.8 Å². The van der Waals surface area contributed by atoms with Crippen LogP contribution in [0.15, 0.2) is 18.2 Å². The standard InChI is InChI=1S/C17H20F3N3O2/c1-16(2,3)25-15(24)23-8-6-22(7-9-23)14-5-4-13(17(18,19)20)10-12(14)11-21/h4-5,10H,6-9H2,1-3H3. The summed E-state index contributed by atoms with van der Waals surface area (Å²) >= 11 is 0. The third kappa shape index (κ3) is 4.78. The molecule has 1 aromatic carbocycles. The molecule has 1 aromatic rings. The molecular formula is C17H20F3N3O2. The minimum atomic E-state index is -4.49. The lowest BCUT2D eigenvalue weighted by molar-refractivity contribution is -0.137. The number of nitriles is 1. The number of nitrogens with zero attached hydrogens (tertiary/aromatic N) is 3. The second kappa shape index (κ2) is 6.82. The van der Waals surface area contributed by atoms with Gasteiger partial charge < -0.3 is 14.5 Å². The van der Waals surface area contributed by atoms with Gasteiger partial charge >= 0.3 is 12.3 Å². The van der Waals surface area contributed by atoms with Gasteiger partial charge in [0, 0.05) is 26.2 Å². The van der Waals surface area contributed by atoms with Crippen LogP contribution in [-0.4, -0.2) is 42.8 Å². The summed E-state index contributed by atoms with van der Waals surface area (Å²) in [6.07, 6.45) is -4.90. The summed E-state index contributed by atoms with van der Waals surface area (Å²) in [5.41, 5.74) is -1.02. The van der Waals surface area contributed by atoms with E-state index in [9.17, 15) is 23.2 Å². The highest BCUT2D eigenvalue weighted by atomic mass is 19.4. The number of benzene rings is 1. The number of amides is 1. The zero-order chi connectivity index (χ0) is 18.8. The van der Waals surface area contributed by atoms with Gasteiger partial charge in [-0.15, -0.1) is 0 Å². The van der Waals surface area contributed by atoms with E-state index in [1.165, 1.54) is 6.07 Å². The Morgan fingerprint density at radius 1 is 1.16 bits per heavy atom. The Balaban J connectivity index is 2.08. The first-order valence-electron chi connectivity index (χ1n) is 7.85. The highest BCUT2D eigenvalue weighted by molar-refractivity contribution is 5.69. The van der Waals surface area contributed by atoms with Crippen LogP contribution in [0.3, 0.4) is 0 Å². The summed E-state index contributed by atoms with van der Waals surface area (Å²) < 4.78 is 43.6. The molecule has 1 aliphatic rings. The van der Waals surface area contributed by atoms with Crippen molar-refractivity contribution in [3.8, 4) is 6.07 Å². The first kappa shape index (κ1) is 18.9. The molecule has 0 atom stereocenters. The summed E-state index contributed by atoms with van der Waals surface area (Å²) in [5, 5.41) is 9.18. The summed E-state index contributed by atoms with van der Waals surface area (Å²) in [4.78, 5) is 15.4. The second-order valence-electron chi connectivity index (χ2n) is 6.80. The van der Waals surface area contributed by atoms with Crippen molar-refractivity contribution < 1.29 is 22.7 Å². The van der Waals surface area contributed by atoms with Crippen LogP contribution in [0.2, 0.25) is 0 Å². The quantitative estimate of drug-likeness (QED) is 0.772. The van der Waals surface area contributed by atoms with Gasteiger partial charge in [-0.25, -0.2) is 4.79 Å². The predicted molar refractivity (Wildman–Crippen MR) is 86.2 cm³/mol. The molecular weight excluding hydrogens is 335 g/mol. The van der Waals surface area contributed by atoms with Crippen LogP contribution in [0.25, 0.3) is 0 Å². The maximum atomic E-state index is 12.8. The number of alkyl halides is 3. The molecule has 1 fully saturated rings. The Morgan fingerprint density at radius 2 is 1.76 bits per heavy atom. The van der Waals surface area contributed by atoms with Crippen molar-refractivity contribution in [1.29, 1.82) is 5.26 Å². The average molecular weight is 355 g/mol. The van der Waals surface area contributed by atoms with Crippen molar-refractivity contribution in [2.75, 3.05) is 31.1 Å². The van der Waals surface area contributed by atoms with E-state index in [4.69, 9.17) is 4.74 Å². The molecule has 0 radical (unpaired) electrons. The summed E-state index contributed by atoms with van der Waals surface area (Å²) in [6, 6.07) is 4.96. The Labute approximate surface area is 144 Å². The van der Waals surface area contributed by atoms with Crippen molar-refractivity contribution in [3.05, 3.63) is 29.3 Å². The van der Waals surface area contributed by atoms with Crippen LogP contribution in [0.1, 0.15) is 31.9 Å². The Bertz CT molecular complexity index is 682. The lowest BCUT2D eigenvalue weighted by Crippen LogP contribution is -2.50. The smallest absolute Gasteiger partial charge is 0.416 e. The molecule has 1 heterocycles.